The molecule has 0 unspecified atom stereocenters. The molecule has 0 heterocycles. The van der Waals surface area contributed by atoms with Gasteiger partial charge in [0.05, 0.1) is 21.5 Å². The fourth-order valence-corrected chi connectivity index (χ4v) is 5.84. The van der Waals surface area contributed by atoms with E-state index in [1.807, 2.05) is 32.9 Å². The lowest BCUT2D eigenvalue weighted by Gasteiger charge is -2.26. The van der Waals surface area contributed by atoms with Crippen molar-refractivity contribution in [2.24, 2.45) is 0 Å². The van der Waals surface area contributed by atoms with Crippen molar-refractivity contribution in [3.8, 4) is 0 Å². The molecule has 1 N–H and O–H groups in total. The average molecular weight is 515 g/mol. The maximum atomic E-state index is 13.6. The topological polar surface area (TPSA) is 101 Å². The molecular formula is C26H30N2O5S2. The molecule has 35 heavy (non-hydrogen) atoms. The first-order chi connectivity index (χ1) is 16.3. The van der Waals surface area contributed by atoms with Gasteiger partial charge in [0.2, 0.25) is 5.91 Å². The van der Waals surface area contributed by atoms with Crippen molar-refractivity contribution in [1.82, 2.24) is 5.32 Å². The van der Waals surface area contributed by atoms with Gasteiger partial charge in [0, 0.05) is 6.26 Å². The lowest BCUT2D eigenvalue weighted by Crippen LogP contribution is -2.42. The molecule has 7 nitrogen and oxygen atoms in total. The van der Waals surface area contributed by atoms with E-state index >= 15 is 0 Å². The van der Waals surface area contributed by atoms with E-state index in [1.54, 1.807) is 37.3 Å². The van der Waals surface area contributed by atoms with Crippen molar-refractivity contribution in [2.45, 2.75) is 43.5 Å². The Morgan fingerprint density at radius 2 is 1.37 bits per heavy atom. The number of nitrogens with zero attached hydrogens (tertiary/aromatic N) is 1. The summed E-state index contributed by atoms with van der Waals surface area (Å²) in [7, 11) is -7.35. The molecule has 0 aromatic heterocycles. The van der Waals surface area contributed by atoms with Gasteiger partial charge in [-0.2, -0.15) is 0 Å². The van der Waals surface area contributed by atoms with Crippen molar-refractivity contribution in [3.05, 3.63) is 89.0 Å². The van der Waals surface area contributed by atoms with E-state index < -0.39 is 38.4 Å². The third-order valence-electron chi connectivity index (χ3n) is 5.70. The first kappa shape index (κ1) is 26.4. The predicted molar refractivity (Wildman–Crippen MR) is 138 cm³/mol. The van der Waals surface area contributed by atoms with Gasteiger partial charge in [0.25, 0.3) is 10.0 Å². The van der Waals surface area contributed by atoms with E-state index in [9.17, 15) is 21.6 Å². The van der Waals surface area contributed by atoms with Gasteiger partial charge >= 0.3 is 0 Å². The van der Waals surface area contributed by atoms with Crippen LogP contribution in [0.5, 0.6) is 0 Å². The molecule has 3 aromatic rings. The maximum absolute atomic E-state index is 13.6. The number of rotatable bonds is 8. The Hall–Kier alpha value is -3.17. The molecule has 0 fully saturated rings. The van der Waals surface area contributed by atoms with E-state index in [4.69, 9.17) is 0 Å². The Morgan fingerprint density at radius 3 is 1.91 bits per heavy atom. The van der Waals surface area contributed by atoms with Crippen LogP contribution in [0.3, 0.4) is 0 Å². The number of nitrogens with one attached hydrogen (secondary N) is 1. The molecule has 0 saturated heterocycles. The normalized spacial score (nSPS) is 12.7. The molecule has 9 heteroatoms. The van der Waals surface area contributed by atoms with Crippen LogP contribution >= 0.6 is 0 Å². The Morgan fingerprint density at radius 1 is 0.829 bits per heavy atom. The number of benzene rings is 3. The van der Waals surface area contributed by atoms with Crippen molar-refractivity contribution >= 4 is 31.5 Å². The summed E-state index contributed by atoms with van der Waals surface area (Å²) in [6, 6.07) is 17.7. The highest BCUT2D eigenvalue weighted by molar-refractivity contribution is 7.93. The third kappa shape index (κ3) is 6.29. The number of carbonyl (C=O) groups excluding carboxylic acids is 1. The van der Waals surface area contributed by atoms with Crippen LogP contribution in [-0.2, 0) is 24.7 Å². The number of hydrogen-bond donors (Lipinski definition) is 1. The number of aryl methyl sites for hydroxylation is 3. The van der Waals surface area contributed by atoms with Crippen LogP contribution in [0.1, 0.15) is 35.2 Å². The predicted octanol–water partition coefficient (Wildman–Crippen LogP) is 4.09. The van der Waals surface area contributed by atoms with Crippen LogP contribution in [-0.4, -0.2) is 35.5 Å². The molecular weight excluding hydrogens is 484 g/mol. The van der Waals surface area contributed by atoms with Crippen molar-refractivity contribution in [3.63, 3.8) is 0 Å². The molecule has 0 aliphatic rings. The summed E-state index contributed by atoms with van der Waals surface area (Å²) < 4.78 is 51.7. The fraction of sp³-hybridized carbons (Fsp3) is 0.269. The summed E-state index contributed by atoms with van der Waals surface area (Å²) in [6.07, 6.45) is 1.13. The SMILES string of the molecule is Cc1ccc(S(=O)(=O)N(CC(=O)N[C@@H](C)c2ccc(S(C)(=O)=O)cc2)c2ccc(C)cc2C)cc1. The van der Waals surface area contributed by atoms with E-state index in [-0.39, 0.29) is 9.79 Å². The van der Waals surface area contributed by atoms with Gasteiger partial charge in [0.1, 0.15) is 6.54 Å². The van der Waals surface area contributed by atoms with Crippen LogP contribution in [0.25, 0.3) is 0 Å². The third-order valence-corrected chi connectivity index (χ3v) is 8.61. The van der Waals surface area contributed by atoms with Gasteiger partial charge in [-0.1, -0.05) is 47.5 Å². The molecule has 186 valence electrons. The molecule has 0 aliphatic carbocycles. The van der Waals surface area contributed by atoms with Crippen LogP contribution in [0.2, 0.25) is 0 Å². The largest absolute Gasteiger partial charge is 0.348 e. The van der Waals surface area contributed by atoms with Gasteiger partial charge in [-0.3, -0.25) is 9.10 Å². The number of sulfonamides is 1. The minimum atomic E-state index is -4.02. The zero-order chi connectivity index (χ0) is 26.0. The Kier molecular flexibility index (Phi) is 7.71. The van der Waals surface area contributed by atoms with Gasteiger partial charge in [-0.05, 0) is 69.2 Å². The van der Waals surface area contributed by atoms with E-state index in [2.05, 4.69) is 5.32 Å². The van der Waals surface area contributed by atoms with Crippen molar-refractivity contribution < 1.29 is 21.6 Å². The molecule has 1 atom stereocenters. The highest BCUT2D eigenvalue weighted by atomic mass is 32.2. The van der Waals surface area contributed by atoms with Gasteiger partial charge in [0.15, 0.2) is 9.84 Å². The number of anilines is 1. The molecule has 0 bridgehead atoms. The molecule has 0 spiro atoms. The highest BCUT2D eigenvalue weighted by Gasteiger charge is 2.28. The number of carbonyl (C=O) groups is 1. The molecule has 0 radical (unpaired) electrons. The lowest BCUT2D eigenvalue weighted by atomic mass is 10.1. The lowest BCUT2D eigenvalue weighted by molar-refractivity contribution is -0.120. The van der Waals surface area contributed by atoms with E-state index in [1.165, 1.54) is 24.3 Å². The summed E-state index contributed by atoms with van der Waals surface area (Å²) in [5, 5.41) is 2.82. The second-order valence-corrected chi connectivity index (χ2v) is 12.6. The van der Waals surface area contributed by atoms with Crippen LogP contribution in [0.4, 0.5) is 5.69 Å². The second-order valence-electron chi connectivity index (χ2n) is 8.75. The van der Waals surface area contributed by atoms with Crippen LogP contribution in [0.15, 0.2) is 76.5 Å². The highest BCUT2D eigenvalue weighted by Crippen LogP contribution is 2.28. The Bertz CT molecular complexity index is 1430. The van der Waals surface area contributed by atoms with Gasteiger partial charge in [-0.15, -0.1) is 0 Å². The summed E-state index contributed by atoms with van der Waals surface area (Å²) in [5.41, 5.74) is 3.77. The average Bonchev–Trinajstić information content (AvgIpc) is 2.77. The molecule has 0 saturated carbocycles. The minimum Gasteiger partial charge on any atom is -0.348 e. The molecule has 3 aromatic carbocycles. The second kappa shape index (κ2) is 10.2. The summed E-state index contributed by atoms with van der Waals surface area (Å²) in [4.78, 5) is 13.3. The number of hydrogen-bond acceptors (Lipinski definition) is 5. The minimum absolute atomic E-state index is 0.0975. The molecule has 0 aliphatic heterocycles. The fourth-order valence-electron chi connectivity index (χ4n) is 3.73. The zero-order valence-electron chi connectivity index (χ0n) is 20.4. The summed E-state index contributed by atoms with van der Waals surface area (Å²) in [6.45, 7) is 6.94. The van der Waals surface area contributed by atoms with Crippen molar-refractivity contribution in [2.75, 3.05) is 17.1 Å². The van der Waals surface area contributed by atoms with Crippen LogP contribution < -0.4 is 9.62 Å². The van der Waals surface area contributed by atoms with E-state index in [0.717, 1.165) is 27.3 Å². The smallest absolute Gasteiger partial charge is 0.264 e. The number of sulfone groups is 1. The quantitative estimate of drug-likeness (QED) is 0.488. The van der Waals surface area contributed by atoms with Gasteiger partial charge < -0.3 is 5.32 Å². The monoisotopic (exact) mass is 514 g/mol. The standard InChI is InChI=1S/C26H30N2O5S2/c1-18-6-11-24(12-7-18)35(32,33)28(25-15-8-19(2)16-20(25)3)17-26(29)27-21(4)22-9-13-23(14-10-22)34(5,30)31/h6-16,21H,17H2,1-5H3,(H,27,29)/t21-/m0/s1. The van der Waals surface area contributed by atoms with Crippen LogP contribution in [0, 0.1) is 20.8 Å². The first-order valence-electron chi connectivity index (χ1n) is 11.0. The Labute approximate surface area is 207 Å². The number of amides is 1. The van der Waals surface area contributed by atoms with Gasteiger partial charge in [-0.25, -0.2) is 16.8 Å². The zero-order valence-corrected chi connectivity index (χ0v) is 22.1. The Balaban J connectivity index is 1.90. The first-order valence-corrected chi connectivity index (χ1v) is 14.4. The molecule has 3 rings (SSSR count). The van der Waals surface area contributed by atoms with E-state index in [0.29, 0.717) is 11.3 Å². The summed E-state index contributed by atoms with van der Waals surface area (Å²) >= 11 is 0. The maximum Gasteiger partial charge on any atom is 0.264 e. The van der Waals surface area contributed by atoms with Crippen molar-refractivity contribution in [1.29, 1.82) is 0 Å². The molecule has 1 amide bonds. The summed E-state index contributed by atoms with van der Waals surface area (Å²) in [5.74, 6) is -0.486.